The van der Waals surface area contributed by atoms with E-state index in [-0.39, 0.29) is 10.7 Å². The van der Waals surface area contributed by atoms with E-state index in [2.05, 4.69) is 5.32 Å². The second kappa shape index (κ2) is 10.0. The Morgan fingerprint density at radius 2 is 1.84 bits per heavy atom. The number of carbonyl (C=O) groups excluding carboxylic acids is 3. The van der Waals surface area contributed by atoms with Crippen LogP contribution in [0.2, 0.25) is 0 Å². The number of methoxy groups -OCH3 is 1. The van der Waals surface area contributed by atoms with Gasteiger partial charge < -0.3 is 19.9 Å². The fraction of sp³-hybridized carbons (Fsp3) is 0.182. The number of rotatable bonds is 8. The summed E-state index contributed by atoms with van der Waals surface area (Å²) in [5.74, 6) is -1.73. The predicted octanol–water partition coefficient (Wildman–Crippen LogP) is 3.14. The number of carboxylic acids is 1. The minimum atomic E-state index is -1.15. The number of anilines is 1. The molecule has 1 saturated heterocycles. The van der Waals surface area contributed by atoms with Crippen molar-refractivity contribution in [2.75, 3.05) is 25.6 Å². The lowest BCUT2D eigenvalue weighted by molar-refractivity contribution is -0.139. The molecule has 0 atom stereocenters. The second-order valence-electron chi connectivity index (χ2n) is 6.77. The summed E-state index contributed by atoms with van der Waals surface area (Å²) in [6.07, 6.45) is 1.47. The molecular formula is C22H20N2O7S. The maximum atomic E-state index is 12.7. The van der Waals surface area contributed by atoms with Crippen LogP contribution in [-0.4, -0.2) is 53.3 Å². The van der Waals surface area contributed by atoms with Crippen LogP contribution in [0.3, 0.4) is 0 Å². The molecule has 10 heteroatoms. The molecule has 1 aliphatic rings. The summed E-state index contributed by atoms with van der Waals surface area (Å²) in [4.78, 5) is 49.0. The summed E-state index contributed by atoms with van der Waals surface area (Å²) < 4.78 is 10.3. The summed E-state index contributed by atoms with van der Waals surface area (Å²) >= 11 is 0.713. The van der Waals surface area contributed by atoms with E-state index < -0.39 is 36.2 Å². The molecule has 0 saturated carbocycles. The molecule has 0 spiro atoms. The van der Waals surface area contributed by atoms with Crippen LogP contribution >= 0.6 is 11.8 Å². The van der Waals surface area contributed by atoms with E-state index in [0.717, 1.165) is 10.5 Å². The van der Waals surface area contributed by atoms with Crippen LogP contribution in [0.5, 0.6) is 11.5 Å². The van der Waals surface area contributed by atoms with Gasteiger partial charge in [0.1, 0.15) is 6.54 Å². The molecule has 3 amide bonds. The van der Waals surface area contributed by atoms with Crippen LogP contribution in [0.1, 0.15) is 11.1 Å². The zero-order valence-corrected chi connectivity index (χ0v) is 18.1. The van der Waals surface area contributed by atoms with Gasteiger partial charge in [0.15, 0.2) is 18.1 Å². The first kappa shape index (κ1) is 22.9. The zero-order valence-electron chi connectivity index (χ0n) is 17.3. The number of aliphatic carboxylic acids is 1. The number of ether oxygens (including phenoxy) is 2. The number of hydrogen-bond acceptors (Lipinski definition) is 7. The minimum absolute atomic E-state index is 0.132. The Balaban J connectivity index is 1.72. The van der Waals surface area contributed by atoms with Gasteiger partial charge in [-0.25, -0.2) is 4.79 Å². The van der Waals surface area contributed by atoms with Crippen LogP contribution in [0.15, 0.2) is 47.4 Å². The number of nitrogens with zero attached hydrogens (tertiary/aromatic N) is 1. The molecule has 1 aliphatic heterocycles. The summed E-state index contributed by atoms with van der Waals surface area (Å²) in [7, 11) is 1.41. The van der Waals surface area contributed by atoms with E-state index in [1.165, 1.54) is 19.3 Å². The van der Waals surface area contributed by atoms with Gasteiger partial charge in [-0.3, -0.25) is 19.3 Å². The van der Waals surface area contributed by atoms with E-state index in [1.54, 1.807) is 24.3 Å². The highest BCUT2D eigenvalue weighted by atomic mass is 32.2. The largest absolute Gasteiger partial charge is 0.493 e. The molecule has 3 rings (SSSR count). The SMILES string of the molecule is COc1ccc(/C=C2\SC(=O)N(CC(=O)Nc3ccc(C)cc3)C2=O)cc1OCC(=O)O. The summed E-state index contributed by atoms with van der Waals surface area (Å²) in [6, 6.07) is 11.8. The van der Waals surface area contributed by atoms with Crippen molar-refractivity contribution in [3.63, 3.8) is 0 Å². The number of carbonyl (C=O) groups is 4. The van der Waals surface area contributed by atoms with Crippen molar-refractivity contribution in [1.29, 1.82) is 0 Å². The molecule has 2 aromatic rings. The molecule has 0 unspecified atom stereocenters. The number of hydrogen-bond donors (Lipinski definition) is 2. The Morgan fingerprint density at radius 1 is 1.12 bits per heavy atom. The molecule has 0 radical (unpaired) electrons. The first-order valence-electron chi connectivity index (χ1n) is 9.41. The van der Waals surface area contributed by atoms with E-state index in [0.29, 0.717) is 28.8 Å². The predicted molar refractivity (Wildman–Crippen MR) is 119 cm³/mol. The topological polar surface area (TPSA) is 122 Å². The Kier molecular flexibility index (Phi) is 7.16. The maximum absolute atomic E-state index is 12.7. The average molecular weight is 456 g/mol. The molecule has 0 aromatic heterocycles. The Bertz CT molecular complexity index is 1100. The lowest BCUT2D eigenvalue weighted by Crippen LogP contribution is -2.36. The normalized spacial score (nSPS) is 14.6. The molecule has 1 heterocycles. The lowest BCUT2D eigenvalue weighted by atomic mass is 10.2. The molecule has 32 heavy (non-hydrogen) atoms. The third kappa shape index (κ3) is 5.67. The Morgan fingerprint density at radius 3 is 2.50 bits per heavy atom. The van der Waals surface area contributed by atoms with Crippen molar-refractivity contribution in [2.45, 2.75) is 6.92 Å². The number of aryl methyl sites for hydroxylation is 1. The van der Waals surface area contributed by atoms with E-state index in [9.17, 15) is 19.2 Å². The Hall–Kier alpha value is -3.79. The van der Waals surface area contributed by atoms with E-state index in [4.69, 9.17) is 14.6 Å². The number of benzene rings is 2. The molecule has 166 valence electrons. The quantitative estimate of drug-likeness (QED) is 0.581. The van der Waals surface area contributed by atoms with Crippen molar-refractivity contribution < 1.29 is 33.8 Å². The zero-order chi connectivity index (χ0) is 23.3. The third-order valence-electron chi connectivity index (χ3n) is 4.35. The number of thioether (sulfide) groups is 1. The number of amides is 3. The van der Waals surface area contributed by atoms with Gasteiger partial charge in [-0.2, -0.15) is 0 Å². The van der Waals surface area contributed by atoms with Gasteiger partial charge in [0.2, 0.25) is 5.91 Å². The van der Waals surface area contributed by atoms with Crippen molar-refractivity contribution >= 4 is 46.5 Å². The highest BCUT2D eigenvalue weighted by Gasteiger charge is 2.36. The van der Waals surface area contributed by atoms with Crippen LogP contribution in [0, 0.1) is 6.92 Å². The third-order valence-corrected chi connectivity index (χ3v) is 5.25. The molecule has 9 nitrogen and oxygen atoms in total. The van der Waals surface area contributed by atoms with Crippen molar-refractivity contribution in [1.82, 2.24) is 4.90 Å². The number of nitrogens with one attached hydrogen (secondary N) is 1. The van der Waals surface area contributed by atoms with Crippen molar-refractivity contribution in [3.8, 4) is 11.5 Å². The molecule has 1 fully saturated rings. The van der Waals surface area contributed by atoms with Gasteiger partial charge in [-0.15, -0.1) is 0 Å². The average Bonchev–Trinajstić information content (AvgIpc) is 3.01. The fourth-order valence-corrected chi connectivity index (χ4v) is 3.64. The maximum Gasteiger partial charge on any atom is 0.341 e. The van der Waals surface area contributed by atoms with Crippen LogP contribution in [0.25, 0.3) is 6.08 Å². The fourth-order valence-electron chi connectivity index (χ4n) is 2.80. The van der Waals surface area contributed by atoms with Gasteiger partial charge in [-0.1, -0.05) is 23.8 Å². The molecule has 2 N–H and O–H groups in total. The standard InChI is InChI=1S/C22H20N2O7S/c1-13-3-6-15(7-4-13)23-19(25)11-24-21(28)18(32-22(24)29)10-14-5-8-16(30-2)17(9-14)31-12-20(26)27/h3-10H,11-12H2,1-2H3,(H,23,25)(H,26,27)/b18-10-. The summed E-state index contributed by atoms with van der Waals surface area (Å²) in [5.41, 5.74) is 2.10. The first-order chi connectivity index (χ1) is 15.3. The van der Waals surface area contributed by atoms with Crippen LogP contribution in [-0.2, 0) is 14.4 Å². The van der Waals surface area contributed by atoms with Crippen LogP contribution < -0.4 is 14.8 Å². The van der Waals surface area contributed by atoms with E-state index >= 15 is 0 Å². The highest BCUT2D eigenvalue weighted by molar-refractivity contribution is 8.18. The minimum Gasteiger partial charge on any atom is -0.493 e. The number of imide groups is 1. The second-order valence-corrected chi connectivity index (χ2v) is 7.77. The van der Waals surface area contributed by atoms with Crippen molar-refractivity contribution in [3.05, 3.63) is 58.5 Å². The van der Waals surface area contributed by atoms with Gasteiger partial charge in [0.05, 0.1) is 12.0 Å². The van der Waals surface area contributed by atoms with Crippen molar-refractivity contribution in [2.24, 2.45) is 0 Å². The highest BCUT2D eigenvalue weighted by Crippen LogP contribution is 2.34. The lowest BCUT2D eigenvalue weighted by Gasteiger charge is -2.12. The molecular weight excluding hydrogens is 436 g/mol. The van der Waals surface area contributed by atoms with E-state index in [1.807, 2.05) is 19.1 Å². The summed E-state index contributed by atoms with van der Waals surface area (Å²) in [6.45, 7) is 0.945. The Labute approximate surface area is 188 Å². The van der Waals surface area contributed by atoms with Gasteiger partial charge >= 0.3 is 5.97 Å². The van der Waals surface area contributed by atoms with Gasteiger partial charge in [-0.05, 0) is 54.6 Å². The van der Waals surface area contributed by atoms with Gasteiger partial charge in [0.25, 0.3) is 11.1 Å². The van der Waals surface area contributed by atoms with Gasteiger partial charge in [0, 0.05) is 5.69 Å². The van der Waals surface area contributed by atoms with Crippen LogP contribution in [0.4, 0.5) is 10.5 Å². The molecule has 2 aromatic carbocycles. The first-order valence-corrected chi connectivity index (χ1v) is 10.2. The number of carboxylic acid groups (broad SMARTS) is 1. The molecule has 0 aliphatic carbocycles. The monoisotopic (exact) mass is 456 g/mol. The smallest absolute Gasteiger partial charge is 0.341 e. The molecule has 0 bridgehead atoms. The summed E-state index contributed by atoms with van der Waals surface area (Å²) in [5, 5.41) is 10.9.